The fourth-order valence-electron chi connectivity index (χ4n) is 3.46. The predicted molar refractivity (Wildman–Crippen MR) is 77.2 cm³/mol. The van der Waals surface area contributed by atoms with Crippen molar-refractivity contribution in [2.75, 3.05) is 6.54 Å². The van der Waals surface area contributed by atoms with Gasteiger partial charge in [-0.25, -0.2) is 0 Å². The molecule has 0 spiro atoms. The van der Waals surface area contributed by atoms with E-state index in [4.69, 9.17) is 0 Å². The van der Waals surface area contributed by atoms with Crippen LogP contribution in [-0.2, 0) is 0 Å². The highest BCUT2D eigenvalue weighted by Gasteiger charge is 2.30. The SMILES string of the molecule is CCCNC(C(C)C)C1CCCC(C(C)C)C1. The summed E-state index contributed by atoms with van der Waals surface area (Å²) >= 11 is 0. The van der Waals surface area contributed by atoms with Crippen LogP contribution in [0, 0.1) is 23.7 Å². The molecule has 1 fully saturated rings. The van der Waals surface area contributed by atoms with Gasteiger partial charge in [0.15, 0.2) is 0 Å². The van der Waals surface area contributed by atoms with Crippen LogP contribution in [0.4, 0.5) is 0 Å². The molecule has 0 aromatic heterocycles. The van der Waals surface area contributed by atoms with Gasteiger partial charge in [0.05, 0.1) is 0 Å². The Balaban J connectivity index is 2.54. The maximum atomic E-state index is 3.80. The Kier molecular flexibility index (Phi) is 6.54. The quantitative estimate of drug-likeness (QED) is 0.721. The average molecular weight is 239 g/mol. The number of hydrogen-bond acceptors (Lipinski definition) is 1. The first-order chi connectivity index (χ1) is 8.06. The first-order valence-corrected chi connectivity index (χ1v) is 7.79. The van der Waals surface area contributed by atoms with E-state index < -0.39 is 0 Å². The second-order valence-corrected chi connectivity index (χ2v) is 6.65. The lowest BCUT2D eigenvalue weighted by molar-refractivity contribution is 0.155. The zero-order valence-corrected chi connectivity index (χ0v) is 12.6. The smallest absolute Gasteiger partial charge is 0.0118 e. The topological polar surface area (TPSA) is 12.0 Å². The van der Waals surface area contributed by atoms with Gasteiger partial charge >= 0.3 is 0 Å². The van der Waals surface area contributed by atoms with E-state index in [1.807, 2.05) is 0 Å². The third kappa shape index (κ3) is 4.62. The highest BCUT2D eigenvalue weighted by molar-refractivity contribution is 4.85. The van der Waals surface area contributed by atoms with Crippen molar-refractivity contribution >= 4 is 0 Å². The lowest BCUT2D eigenvalue weighted by atomic mass is 9.71. The van der Waals surface area contributed by atoms with E-state index in [9.17, 15) is 0 Å². The summed E-state index contributed by atoms with van der Waals surface area (Å²) < 4.78 is 0. The molecule has 0 aliphatic heterocycles. The Morgan fingerprint density at radius 3 is 2.24 bits per heavy atom. The van der Waals surface area contributed by atoms with Crippen molar-refractivity contribution in [1.29, 1.82) is 0 Å². The molecular weight excluding hydrogens is 206 g/mol. The number of rotatable bonds is 6. The van der Waals surface area contributed by atoms with Gasteiger partial charge in [0.25, 0.3) is 0 Å². The van der Waals surface area contributed by atoms with Crippen molar-refractivity contribution in [2.45, 2.75) is 72.8 Å². The van der Waals surface area contributed by atoms with Crippen molar-refractivity contribution < 1.29 is 0 Å². The summed E-state index contributed by atoms with van der Waals surface area (Å²) in [6.07, 6.45) is 7.07. The lowest BCUT2D eigenvalue weighted by Crippen LogP contribution is -2.43. The van der Waals surface area contributed by atoms with E-state index in [-0.39, 0.29) is 0 Å². The normalized spacial score (nSPS) is 27.7. The summed E-state index contributed by atoms with van der Waals surface area (Å²) in [4.78, 5) is 0. The molecule has 3 unspecified atom stereocenters. The molecule has 0 aromatic rings. The highest BCUT2D eigenvalue weighted by atomic mass is 14.9. The molecule has 102 valence electrons. The average Bonchev–Trinajstić information content (AvgIpc) is 2.29. The number of nitrogens with one attached hydrogen (secondary N) is 1. The van der Waals surface area contributed by atoms with Gasteiger partial charge in [-0.2, -0.15) is 0 Å². The van der Waals surface area contributed by atoms with Gasteiger partial charge in [-0.1, -0.05) is 47.5 Å². The Labute approximate surface area is 109 Å². The summed E-state index contributed by atoms with van der Waals surface area (Å²) in [6, 6.07) is 0.747. The van der Waals surface area contributed by atoms with Crippen LogP contribution in [0.25, 0.3) is 0 Å². The van der Waals surface area contributed by atoms with Crippen molar-refractivity contribution in [2.24, 2.45) is 23.7 Å². The van der Waals surface area contributed by atoms with Crippen molar-refractivity contribution in [3.8, 4) is 0 Å². The fraction of sp³-hybridized carbons (Fsp3) is 1.00. The second kappa shape index (κ2) is 7.41. The van der Waals surface area contributed by atoms with E-state index >= 15 is 0 Å². The van der Waals surface area contributed by atoms with Crippen LogP contribution in [0.15, 0.2) is 0 Å². The maximum absolute atomic E-state index is 3.80. The molecule has 1 aliphatic carbocycles. The summed E-state index contributed by atoms with van der Waals surface area (Å²) in [6.45, 7) is 13.0. The van der Waals surface area contributed by atoms with Crippen LogP contribution < -0.4 is 5.32 Å². The first kappa shape index (κ1) is 15.0. The summed E-state index contributed by atoms with van der Waals surface area (Å²) in [7, 11) is 0. The molecule has 0 amide bonds. The molecule has 0 bridgehead atoms. The maximum Gasteiger partial charge on any atom is 0.0118 e. The minimum Gasteiger partial charge on any atom is -0.313 e. The molecule has 1 aliphatic rings. The molecule has 3 atom stereocenters. The Bertz CT molecular complexity index is 198. The van der Waals surface area contributed by atoms with Crippen LogP contribution in [-0.4, -0.2) is 12.6 Å². The van der Waals surface area contributed by atoms with Crippen molar-refractivity contribution in [1.82, 2.24) is 5.32 Å². The van der Waals surface area contributed by atoms with Crippen LogP contribution in [0.2, 0.25) is 0 Å². The van der Waals surface area contributed by atoms with Gasteiger partial charge in [0.2, 0.25) is 0 Å². The van der Waals surface area contributed by atoms with E-state index in [2.05, 4.69) is 39.9 Å². The standard InChI is InChI=1S/C16H33N/c1-6-10-17-16(13(4)5)15-9-7-8-14(11-15)12(2)3/h12-17H,6-11H2,1-5H3. The summed E-state index contributed by atoms with van der Waals surface area (Å²) in [5, 5.41) is 3.80. The summed E-state index contributed by atoms with van der Waals surface area (Å²) in [5.74, 6) is 3.54. The zero-order valence-electron chi connectivity index (χ0n) is 12.6. The van der Waals surface area contributed by atoms with Crippen LogP contribution >= 0.6 is 0 Å². The van der Waals surface area contributed by atoms with Gasteiger partial charge in [-0.05, 0) is 49.5 Å². The molecule has 1 nitrogen and oxygen atoms in total. The largest absolute Gasteiger partial charge is 0.313 e. The molecule has 1 heteroatoms. The molecule has 1 saturated carbocycles. The molecule has 17 heavy (non-hydrogen) atoms. The Morgan fingerprint density at radius 1 is 1.06 bits per heavy atom. The first-order valence-electron chi connectivity index (χ1n) is 7.79. The van der Waals surface area contributed by atoms with Crippen molar-refractivity contribution in [3.63, 3.8) is 0 Å². The second-order valence-electron chi connectivity index (χ2n) is 6.65. The summed E-state index contributed by atoms with van der Waals surface area (Å²) in [5.41, 5.74) is 0. The monoisotopic (exact) mass is 239 g/mol. The predicted octanol–water partition coefficient (Wildman–Crippen LogP) is 4.47. The van der Waals surface area contributed by atoms with Gasteiger partial charge in [0, 0.05) is 6.04 Å². The molecule has 0 saturated heterocycles. The molecule has 0 radical (unpaired) electrons. The minimum atomic E-state index is 0.747. The molecular formula is C16H33N. The number of hydrogen-bond donors (Lipinski definition) is 1. The van der Waals surface area contributed by atoms with Gasteiger partial charge < -0.3 is 5.32 Å². The Hall–Kier alpha value is -0.0400. The van der Waals surface area contributed by atoms with Gasteiger partial charge in [-0.3, -0.25) is 0 Å². The van der Waals surface area contributed by atoms with Gasteiger partial charge in [-0.15, -0.1) is 0 Å². The molecule has 0 heterocycles. The van der Waals surface area contributed by atoms with E-state index in [1.165, 1.54) is 38.6 Å². The third-order valence-electron chi connectivity index (χ3n) is 4.55. The minimum absolute atomic E-state index is 0.747. The van der Waals surface area contributed by atoms with Crippen LogP contribution in [0.3, 0.4) is 0 Å². The lowest BCUT2D eigenvalue weighted by Gasteiger charge is -2.38. The molecule has 1 N–H and O–H groups in total. The van der Waals surface area contributed by atoms with Crippen LogP contribution in [0.1, 0.15) is 66.7 Å². The zero-order chi connectivity index (χ0) is 12.8. The molecule has 0 aromatic carbocycles. The van der Waals surface area contributed by atoms with Gasteiger partial charge in [0.1, 0.15) is 0 Å². The fourth-order valence-corrected chi connectivity index (χ4v) is 3.46. The van der Waals surface area contributed by atoms with Crippen LogP contribution in [0.5, 0.6) is 0 Å². The highest BCUT2D eigenvalue weighted by Crippen LogP contribution is 2.36. The van der Waals surface area contributed by atoms with E-state index in [1.54, 1.807) is 0 Å². The Morgan fingerprint density at radius 2 is 1.71 bits per heavy atom. The van der Waals surface area contributed by atoms with Crippen molar-refractivity contribution in [3.05, 3.63) is 0 Å². The van der Waals surface area contributed by atoms with E-state index in [0.717, 1.165) is 29.7 Å². The third-order valence-corrected chi connectivity index (χ3v) is 4.55. The van der Waals surface area contributed by atoms with E-state index in [0.29, 0.717) is 0 Å². The molecule has 1 rings (SSSR count).